The van der Waals surface area contributed by atoms with E-state index in [1.807, 2.05) is 6.07 Å². The van der Waals surface area contributed by atoms with Crippen molar-refractivity contribution in [3.8, 4) is 11.4 Å². The molecule has 9 heteroatoms. The van der Waals surface area contributed by atoms with Crippen molar-refractivity contribution in [1.82, 2.24) is 9.97 Å². The van der Waals surface area contributed by atoms with Gasteiger partial charge in [-0.2, -0.15) is 0 Å². The maximum absolute atomic E-state index is 11.2. The predicted octanol–water partition coefficient (Wildman–Crippen LogP) is 5.85. The van der Waals surface area contributed by atoms with Crippen LogP contribution in [0.15, 0.2) is 54.6 Å². The molecule has 8 nitrogen and oxygen atoms in total. The Labute approximate surface area is 197 Å². The number of non-ortho nitro benzene ring substituents is 1. The summed E-state index contributed by atoms with van der Waals surface area (Å²) in [7, 11) is 0. The second kappa shape index (κ2) is 7.74. The van der Waals surface area contributed by atoms with Crippen LogP contribution in [0.1, 0.15) is 45.1 Å². The third-order valence-electron chi connectivity index (χ3n) is 6.35. The second-order valence-corrected chi connectivity index (χ2v) is 9.40. The lowest BCUT2D eigenvalue weighted by atomic mass is 9.80. The molecule has 0 spiro atoms. The predicted molar refractivity (Wildman–Crippen MR) is 130 cm³/mol. The highest BCUT2D eigenvalue weighted by Crippen LogP contribution is 2.59. The van der Waals surface area contributed by atoms with E-state index < -0.39 is 10.9 Å². The number of allylic oxidation sites excluding steroid dienone is 2. The SMILES string of the molecule is O=C(O)c1ccc(-c2nc(NCc3cccc([N+](=O)[O-])c3)c3c4c(sc3n2)C2CCC=C42)cc1. The maximum Gasteiger partial charge on any atom is 0.335 e. The van der Waals surface area contributed by atoms with Gasteiger partial charge in [0.05, 0.1) is 15.9 Å². The van der Waals surface area contributed by atoms with Crippen LogP contribution in [0.5, 0.6) is 0 Å². The summed E-state index contributed by atoms with van der Waals surface area (Å²) < 4.78 is 0. The molecule has 2 heterocycles. The van der Waals surface area contributed by atoms with Crippen LogP contribution in [-0.4, -0.2) is 26.0 Å². The van der Waals surface area contributed by atoms with E-state index in [9.17, 15) is 20.0 Å². The third kappa shape index (κ3) is 3.24. The van der Waals surface area contributed by atoms with E-state index in [0.717, 1.165) is 34.2 Å². The van der Waals surface area contributed by atoms with Gasteiger partial charge in [0.2, 0.25) is 0 Å². The highest BCUT2D eigenvalue weighted by Gasteiger charge is 2.39. The van der Waals surface area contributed by atoms with Crippen molar-refractivity contribution in [1.29, 1.82) is 0 Å². The molecule has 6 rings (SSSR count). The van der Waals surface area contributed by atoms with Crippen molar-refractivity contribution in [3.63, 3.8) is 0 Å². The smallest absolute Gasteiger partial charge is 0.335 e. The van der Waals surface area contributed by atoms with E-state index in [-0.39, 0.29) is 11.3 Å². The zero-order chi connectivity index (χ0) is 23.4. The standard InChI is InChI=1S/C25H18N4O4S/c30-25(31)15-9-7-14(8-10-15)22-27-23(26-12-13-3-1-4-16(11-13)29(32)33)20-19-17-5-2-6-18(17)21(19)34-24(20)28-22/h1,3-5,7-11,18H,2,6,12H2,(H,30,31)(H,26,27,28). The summed E-state index contributed by atoms with van der Waals surface area (Å²) in [6.45, 7) is 0.373. The Bertz CT molecular complexity index is 1520. The van der Waals surface area contributed by atoms with Gasteiger partial charge in [-0.25, -0.2) is 14.8 Å². The van der Waals surface area contributed by atoms with Crippen LogP contribution in [0.4, 0.5) is 11.5 Å². The molecule has 0 saturated heterocycles. The number of carbonyl (C=O) groups is 1. The molecule has 2 aliphatic carbocycles. The van der Waals surface area contributed by atoms with Gasteiger partial charge < -0.3 is 10.4 Å². The molecule has 0 radical (unpaired) electrons. The van der Waals surface area contributed by atoms with Crippen LogP contribution in [0.3, 0.4) is 0 Å². The first-order valence-corrected chi connectivity index (χ1v) is 11.7. The zero-order valence-corrected chi connectivity index (χ0v) is 18.6. The van der Waals surface area contributed by atoms with Crippen molar-refractivity contribution < 1.29 is 14.8 Å². The highest BCUT2D eigenvalue weighted by molar-refractivity contribution is 7.19. The van der Waals surface area contributed by atoms with Crippen molar-refractivity contribution in [2.75, 3.05) is 5.32 Å². The molecule has 0 aliphatic heterocycles. The largest absolute Gasteiger partial charge is 0.478 e. The van der Waals surface area contributed by atoms with Gasteiger partial charge >= 0.3 is 5.97 Å². The molecular formula is C25H18N4O4S. The number of carboxylic acids is 1. The number of nitro benzene ring substituents is 1. The number of hydrogen-bond acceptors (Lipinski definition) is 7. The summed E-state index contributed by atoms with van der Waals surface area (Å²) in [5.41, 5.74) is 4.33. The number of nitrogens with one attached hydrogen (secondary N) is 1. The molecule has 1 unspecified atom stereocenters. The van der Waals surface area contributed by atoms with Crippen molar-refractivity contribution in [2.24, 2.45) is 0 Å². The van der Waals surface area contributed by atoms with Gasteiger partial charge in [-0.1, -0.05) is 30.3 Å². The normalized spacial score (nSPS) is 15.9. The van der Waals surface area contributed by atoms with Crippen LogP contribution >= 0.6 is 11.3 Å². The lowest BCUT2D eigenvalue weighted by molar-refractivity contribution is -0.384. The molecule has 2 aromatic carbocycles. The lowest BCUT2D eigenvalue weighted by Crippen LogP contribution is -2.10. The number of aromatic carboxylic acids is 1. The van der Waals surface area contributed by atoms with E-state index >= 15 is 0 Å². The number of aromatic nitrogens is 2. The van der Waals surface area contributed by atoms with E-state index in [1.165, 1.54) is 22.1 Å². The monoisotopic (exact) mass is 470 g/mol. The Hall–Kier alpha value is -4.11. The van der Waals surface area contributed by atoms with E-state index in [0.29, 0.717) is 24.1 Å². The fourth-order valence-electron chi connectivity index (χ4n) is 4.71. The minimum absolute atomic E-state index is 0.0462. The van der Waals surface area contributed by atoms with Gasteiger partial charge in [-0.3, -0.25) is 10.1 Å². The summed E-state index contributed by atoms with van der Waals surface area (Å²) >= 11 is 1.69. The Morgan fingerprint density at radius 2 is 2.03 bits per heavy atom. The number of benzene rings is 2. The molecule has 4 aromatic rings. The summed E-state index contributed by atoms with van der Waals surface area (Å²) in [4.78, 5) is 33.8. The second-order valence-electron chi connectivity index (χ2n) is 8.37. The van der Waals surface area contributed by atoms with E-state index in [1.54, 1.807) is 47.7 Å². The zero-order valence-electron chi connectivity index (χ0n) is 17.8. The highest BCUT2D eigenvalue weighted by atomic mass is 32.1. The topological polar surface area (TPSA) is 118 Å². The Balaban J connectivity index is 1.43. The fourth-order valence-corrected chi connectivity index (χ4v) is 6.06. The molecule has 2 aromatic heterocycles. The molecule has 2 N–H and O–H groups in total. The minimum atomic E-state index is -0.986. The molecular weight excluding hydrogens is 452 g/mol. The maximum atomic E-state index is 11.2. The number of fused-ring (bicyclic) bond motifs is 6. The van der Waals surface area contributed by atoms with Crippen LogP contribution in [0.25, 0.3) is 27.2 Å². The van der Waals surface area contributed by atoms with Gasteiger partial charge in [0.1, 0.15) is 10.6 Å². The molecule has 0 bridgehead atoms. The van der Waals surface area contributed by atoms with Gasteiger partial charge in [0.15, 0.2) is 5.82 Å². The average molecular weight is 471 g/mol. The summed E-state index contributed by atoms with van der Waals surface area (Å²) in [5.74, 6) is 0.682. The first kappa shape index (κ1) is 20.5. The number of hydrogen-bond donors (Lipinski definition) is 2. The van der Waals surface area contributed by atoms with E-state index in [2.05, 4.69) is 11.4 Å². The average Bonchev–Trinajstić information content (AvgIpc) is 3.40. The Morgan fingerprint density at radius 3 is 2.79 bits per heavy atom. The summed E-state index contributed by atoms with van der Waals surface area (Å²) in [6.07, 6.45) is 4.50. The molecule has 34 heavy (non-hydrogen) atoms. The molecule has 2 aliphatic rings. The van der Waals surface area contributed by atoms with Crippen LogP contribution < -0.4 is 5.32 Å². The van der Waals surface area contributed by atoms with Crippen LogP contribution in [0, 0.1) is 10.1 Å². The van der Waals surface area contributed by atoms with Crippen molar-refractivity contribution >= 4 is 44.6 Å². The van der Waals surface area contributed by atoms with Crippen molar-refractivity contribution in [2.45, 2.75) is 25.3 Å². The quantitative estimate of drug-likeness (QED) is 0.268. The number of nitro groups is 1. The number of thiophene rings is 1. The van der Waals surface area contributed by atoms with Crippen molar-refractivity contribution in [3.05, 3.63) is 86.3 Å². The lowest BCUT2D eigenvalue weighted by Gasteiger charge is -2.26. The molecule has 1 atom stereocenters. The van der Waals surface area contributed by atoms with Gasteiger partial charge in [-0.05, 0) is 36.1 Å². The van der Waals surface area contributed by atoms with Crippen LogP contribution in [-0.2, 0) is 6.54 Å². The number of rotatable bonds is 6. The third-order valence-corrected chi connectivity index (χ3v) is 7.55. The number of nitrogens with zero attached hydrogens (tertiary/aromatic N) is 3. The molecule has 0 saturated carbocycles. The number of carboxylic acid groups (broad SMARTS) is 1. The number of anilines is 1. The van der Waals surface area contributed by atoms with E-state index in [4.69, 9.17) is 9.97 Å². The van der Waals surface area contributed by atoms with Gasteiger partial charge in [-0.15, -0.1) is 11.3 Å². The summed E-state index contributed by atoms with van der Waals surface area (Å²) in [5, 5.41) is 24.7. The first-order valence-electron chi connectivity index (χ1n) is 10.9. The molecule has 168 valence electrons. The minimum Gasteiger partial charge on any atom is -0.478 e. The van der Waals surface area contributed by atoms with Gasteiger partial charge in [0, 0.05) is 40.6 Å². The van der Waals surface area contributed by atoms with Gasteiger partial charge in [0.25, 0.3) is 5.69 Å². The Morgan fingerprint density at radius 1 is 1.21 bits per heavy atom. The molecule has 0 fully saturated rings. The molecule has 0 amide bonds. The van der Waals surface area contributed by atoms with Crippen LogP contribution in [0.2, 0.25) is 0 Å². The Kier molecular flexibility index (Phi) is 4.66. The fraction of sp³-hybridized carbons (Fsp3) is 0.160. The first-order chi connectivity index (χ1) is 16.5. The summed E-state index contributed by atoms with van der Waals surface area (Å²) in [6, 6.07) is 13.0.